The van der Waals surface area contributed by atoms with Gasteiger partial charge in [-0.25, -0.2) is 0 Å². The molecule has 3 aromatic rings. The number of hydrogen-bond donors (Lipinski definition) is 2. The van der Waals surface area contributed by atoms with Gasteiger partial charge >= 0.3 is 5.69 Å². The van der Waals surface area contributed by atoms with Crippen LogP contribution in [0.5, 0.6) is 5.75 Å². The molecular weight excluding hydrogens is 364 g/mol. The van der Waals surface area contributed by atoms with Crippen LogP contribution in [-0.4, -0.2) is 21.2 Å². The predicted molar refractivity (Wildman–Crippen MR) is 105 cm³/mol. The highest BCUT2D eigenvalue weighted by Crippen LogP contribution is 2.33. The number of aromatic hydroxyl groups is 1. The van der Waals surface area contributed by atoms with E-state index < -0.39 is 21.3 Å². The Balaban J connectivity index is 2.01. The minimum Gasteiger partial charge on any atom is -0.502 e. The molecule has 3 aromatic carbocycles. The SMILES string of the molecule is O=[N+]([O-])c1ccc(Nc2ccccc2)c(N=Cc2cccc([N+](=O)[O-])c2O)c1. The first-order chi connectivity index (χ1) is 13.5. The van der Waals surface area contributed by atoms with Gasteiger partial charge in [0, 0.05) is 35.7 Å². The maximum atomic E-state index is 11.1. The normalized spacial score (nSPS) is 10.7. The molecule has 0 aliphatic rings. The van der Waals surface area contributed by atoms with Crippen LogP contribution in [0.3, 0.4) is 0 Å². The second kappa shape index (κ2) is 7.96. The number of nitro benzene ring substituents is 2. The van der Waals surface area contributed by atoms with Crippen molar-refractivity contribution >= 4 is 34.7 Å². The molecule has 2 N–H and O–H groups in total. The molecule has 0 spiro atoms. The van der Waals surface area contributed by atoms with E-state index in [9.17, 15) is 25.3 Å². The molecule has 0 aromatic heterocycles. The number of nitrogens with zero attached hydrogens (tertiary/aromatic N) is 3. The Kier molecular flexibility index (Phi) is 5.26. The third-order valence-electron chi connectivity index (χ3n) is 3.83. The molecule has 0 saturated carbocycles. The van der Waals surface area contributed by atoms with Crippen molar-refractivity contribution in [1.29, 1.82) is 0 Å². The van der Waals surface area contributed by atoms with Crippen LogP contribution in [0.1, 0.15) is 5.56 Å². The lowest BCUT2D eigenvalue weighted by Crippen LogP contribution is -1.94. The number of nitrogens with one attached hydrogen (secondary N) is 1. The molecule has 9 heteroatoms. The minimum absolute atomic E-state index is 0.117. The van der Waals surface area contributed by atoms with Crippen LogP contribution in [0.4, 0.5) is 28.4 Å². The Morgan fingerprint density at radius 3 is 2.36 bits per heavy atom. The quantitative estimate of drug-likeness (QED) is 0.363. The summed E-state index contributed by atoms with van der Waals surface area (Å²) in [6, 6.07) is 17.3. The highest BCUT2D eigenvalue weighted by atomic mass is 16.6. The second-order valence-electron chi connectivity index (χ2n) is 5.68. The van der Waals surface area contributed by atoms with Crippen LogP contribution in [0.2, 0.25) is 0 Å². The van der Waals surface area contributed by atoms with Gasteiger partial charge in [0.05, 0.1) is 21.2 Å². The van der Waals surface area contributed by atoms with Gasteiger partial charge in [-0.3, -0.25) is 25.2 Å². The maximum Gasteiger partial charge on any atom is 0.311 e. The largest absolute Gasteiger partial charge is 0.502 e. The number of non-ortho nitro benzene ring substituents is 1. The standard InChI is InChI=1S/C19H14N4O5/c24-19-13(5-4-8-18(19)23(27)28)12-20-17-11-15(22(25)26)9-10-16(17)21-14-6-2-1-3-7-14/h1-12,21,24H. The Morgan fingerprint density at radius 1 is 0.929 bits per heavy atom. The molecule has 0 unspecified atom stereocenters. The summed E-state index contributed by atoms with van der Waals surface area (Å²) < 4.78 is 0. The zero-order chi connectivity index (χ0) is 20.1. The lowest BCUT2D eigenvalue weighted by atomic mass is 10.2. The Bertz CT molecular complexity index is 1070. The molecule has 0 aliphatic carbocycles. The van der Waals surface area contributed by atoms with Gasteiger partial charge in [-0.2, -0.15) is 0 Å². The van der Waals surface area contributed by atoms with Crippen molar-refractivity contribution < 1.29 is 15.0 Å². The number of rotatable bonds is 6. The van der Waals surface area contributed by atoms with Crippen molar-refractivity contribution in [1.82, 2.24) is 0 Å². The molecule has 0 saturated heterocycles. The number of phenols is 1. The first kappa shape index (κ1) is 18.5. The average molecular weight is 378 g/mol. The second-order valence-corrected chi connectivity index (χ2v) is 5.68. The Morgan fingerprint density at radius 2 is 1.68 bits per heavy atom. The molecule has 0 amide bonds. The fraction of sp³-hybridized carbons (Fsp3) is 0. The van der Waals surface area contributed by atoms with Crippen LogP contribution in [0, 0.1) is 20.2 Å². The zero-order valence-corrected chi connectivity index (χ0v) is 14.4. The predicted octanol–water partition coefficient (Wildman–Crippen LogP) is 4.70. The molecule has 3 rings (SSSR count). The lowest BCUT2D eigenvalue weighted by Gasteiger charge is -2.09. The van der Waals surface area contributed by atoms with E-state index in [0.717, 1.165) is 5.69 Å². The van der Waals surface area contributed by atoms with Crippen LogP contribution in [-0.2, 0) is 0 Å². The fourth-order valence-corrected chi connectivity index (χ4v) is 2.46. The van der Waals surface area contributed by atoms with Gasteiger partial charge in [-0.15, -0.1) is 0 Å². The number of hydrogen-bond acceptors (Lipinski definition) is 7. The summed E-state index contributed by atoms with van der Waals surface area (Å²) in [4.78, 5) is 25.0. The molecule has 0 fully saturated rings. The monoisotopic (exact) mass is 378 g/mol. The number of anilines is 2. The van der Waals surface area contributed by atoms with Crippen LogP contribution < -0.4 is 5.32 Å². The van der Waals surface area contributed by atoms with Crippen molar-refractivity contribution in [3.05, 3.63) is 92.5 Å². The van der Waals surface area contributed by atoms with Gasteiger partial charge < -0.3 is 10.4 Å². The molecule has 0 atom stereocenters. The molecule has 140 valence electrons. The van der Waals surface area contributed by atoms with E-state index in [1.165, 1.54) is 42.6 Å². The zero-order valence-electron chi connectivity index (χ0n) is 14.4. The smallest absolute Gasteiger partial charge is 0.311 e. The average Bonchev–Trinajstić information content (AvgIpc) is 2.68. The van der Waals surface area contributed by atoms with Crippen molar-refractivity contribution in [2.75, 3.05) is 5.32 Å². The van der Waals surface area contributed by atoms with E-state index in [1.54, 1.807) is 0 Å². The Hall–Kier alpha value is -4.27. The van der Waals surface area contributed by atoms with Gasteiger partial charge in [-0.1, -0.05) is 24.3 Å². The van der Waals surface area contributed by atoms with Crippen LogP contribution in [0.15, 0.2) is 71.7 Å². The summed E-state index contributed by atoms with van der Waals surface area (Å²) in [7, 11) is 0. The topological polar surface area (TPSA) is 131 Å². The molecule has 0 heterocycles. The van der Waals surface area contributed by atoms with E-state index in [-0.39, 0.29) is 16.9 Å². The van der Waals surface area contributed by atoms with Crippen LogP contribution in [0.25, 0.3) is 0 Å². The van der Waals surface area contributed by atoms with Gasteiger partial charge in [0.25, 0.3) is 5.69 Å². The van der Waals surface area contributed by atoms with Crippen molar-refractivity contribution in [3.63, 3.8) is 0 Å². The maximum absolute atomic E-state index is 11.1. The van der Waals surface area contributed by atoms with E-state index in [1.807, 2.05) is 30.3 Å². The van der Waals surface area contributed by atoms with Gasteiger partial charge in [0.15, 0.2) is 0 Å². The number of para-hydroxylation sites is 2. The number of phenolic OH excluding ortho intramolecular Hbond substituents is 1. The molecule has 0 bridgehead atoms. The molecule has 9 nitrogen and oxygen atoms in total. The van der Waals surface area contributed by atoms with E-state index in [4.69, 9.17) is 0 Å². The fourth-order valence-electron chi connectivity index (χ4n) is 2.46. The van der Waals surface area contributed by atoms with E-state index in [0.29, 0.717) is 5.69 Å². The first-order valence-electron chi connectivity index (χ1n) is 8.06. The molecule has 28 heavy (non-hydrogen) atoms. The highest BCUT2D eigenvalue weighted by Gasteiger charge is 2.16. The third-order valence-corrected chi connectivity index (χ3v) is 3.83. The van der Waals surface area contributed by atoms with E-state index >= 15 is 0 Å². The van der Waals surface area contributed by atoms with E-state index in [2.05, 4.69) is 10.3 Å². The summed E-state index contributed by atoms with van der Waals surface area (Å²) in [5.41, 5.74) is 0.999. The van der Waals surface area contributed by atoms with Crippen LogP contribution >= 0.6 is 0 Å². The summed E-state index contributed by atoms with van der Waals surface area (Å²) in [5, 5.41) is 35.2. The minimum atomic E-state index is -0.706. The first-order valence-corrected chi connectivity index (χ1v) is 8.06. The summed E-state index contributed by atoms with van der Waals surface area (Å²) in [6.45, 7) is 0. The van der Waals surface area contributed by atoms with Gasteiger partial charge in [0.1, 0.15) is 0 Å². The molecule has 0 radical (unpaired) electrons. The van der Waals surface area contributed by atoms with Gasteiger partial charge in [-0.05, 0) is 24.3 Å². The van der Waals surface area contributed by atoms with Crippen molar-refractivity contribution in [2.45, 2.75) is 0 Å². The molecule has 0 aliphatic heterocycles. The third kappa shape index (κ3) is 4.10. The van der Waals surface area contributed by atoms with Crippen molar-refractivity contribution in [3.8, 4) is 5.75 Å². The van der Waals surface area contributed by atoms with Gasteiger partial charge in [0.2, 0.25) is 5.75 Å². The summed E-state index contributed by atoms with van der Waals surface area (Å²) in [6.07, 6.45) is 1.22. The number of nitro groups is 2. The number of aliphatic imine (C=N–C) groups is 1. The van der Waals surface area contributed by atoms with Crippen molar-refractivity contribution in [2.24, 2.45) is 4.99 Å². The molecular formula is C19H14N4O5. The number of benzene rings is 3. The highest BCUT2D eigenvalue weighted by molar-refractivity contribution is 5.89. The Labute approximate surface area is 158 Å². The lowest BCUT2D eigenvalue weighted by molar-refractivity contribution is -0.385. The summed E-state index contributed by atoms with van der Waals surface area (Å²) >= 11 is 0. The summed E-state index contributed by atoms with van der Waals surface area (Å²) in [5.74, 6) is -0.528.